The second-order valence-corrected chi connectivity index (χ2v) is 4.79. The Kier molecular flexibility index (Phi) is 2.81. The molecule has 0 atom stereocenters. The molecule has 0 aliphatic heterocycles. The number of amides is 1. The van der Waals surface area contributed by atoms with Crippen molar-refractivity contribution in [3.63, 3.8) is 0 Å². The van der Waals surface area contributed by atoms with Gasteiger partial charge in [0, 0.05) is 11.6 Å². The Hall–Kier alpha value is -2.54. The van der Waals surface area contributed by atoms with Crippen LogP contribution in [-0.2, 0) is 0 Å². The Morgan fingerprint density at radius 2 is 2.05 bits per heavy atom. The summed E-state index contributed by atoms with van der Waals surface area (Å²) in [5, 5.41) is 11.6. The number of para-hydroxylation sites is 1. The predicted molar refractivity (Wildman–Crippen MR) is 74.0 cm³/mol. The third kappa shape index (κ3) is 2.23. The maximum absolute atomic E-state index is 12.2. The van der Waals surface area contributed by atoms with Crippen molar-refractivity contribution < 1.29 is 4.79 Å². The lowest BCUT2D eigenvalue weighted by atomic mass is 10.1. The Morgan fingerprint density at radius 1 is 1.21 bits per heavy atom. The number of nitrogen functional groups attached to an aromatic ring is 1. The molecule has 6 nitrogen and oxygen atoms in total. The summed E-state index contributed by atoms with van der Waals surface area (Å²) in [7, 11) is 0. The minimum Gasteiger partial charge on any atom is -0.374 e. The largest absolute Gasteiger partial charge is 0.374 e. The number of nitrogens with zero attached hydrogens (tertiary/aromatic N) is 3. The molecule has 1 aromatic carbocycles. The van der Waals surface area contributed by atoms with Gasteiger partial charge in [-0.15, -0.1) is 10.2 Å². The van der Waals surface area contributed by atoms with Gasteiger partial charge in [-0.1, -0.05) is 29.5 Å². The number of hydrogen-bond acceptors (Lipinski definition) is 6. The highest BCUT2D eigenvalue weighted by molar-refractivity contribution is 7.19. The molecule has 2 heterocycles. The molecule has 0 aliphatic rings. The maximum atomic E-state index is 12.2. The van der Waals surface area contributed by atoms with E-state index in [1.165, 1.54) is 0 Å². The monoisotopic (exact) mass is 271 g/mol. The van der Waals surface area contributed by atoms with E-state index in [9.17, 15) is 4.79 Å². The standard InChI is InChI=1S/C12H9N5OS/c13-11-16-17-12(19-11)15-10(18)8-5-1-3-7-4-2-6-14-9(7)8/h1-6H,(H2,13,16)(H,15,17,18). The van der Waals surface area contributed by atoms with Crippen LogP contribution in [0.25, 0.3) is 10.9 Å². The van der Waals surface area contributed by atoms with Crippen LogP contribution in [0.3, 0.4) is 0 Å². The minimum absolute atomic E-state index is 0.277. The van der Waals surface area contributed by atoms with E-state index in [1.807, 2.05) is 24.3 Å². The number of aromatic nitrogens is 3. The van der Waals surface area contributed by atoms with Crippen molar-refractivity contribution in [2.75, 3.05) is 11.1 Å². The fraction of sp³-hybridized carbons (Fsp3) is 0. The number of anilines is 2. The fourth-order valence-electron chi connectivity index (χ4n) is 1.74. The van der Waals surface area contributed by atoms with Crippen LogP contribution in [0.5, 0.6) is 0 Å². The van der Waals surface area contributed by atoms with E-state index < -0.39 is 0 Å². The molecule has 0 unspecified atom stereocenters. The van der Waals surface area contributed by atoms with Crippen molar-refractivity contribution in [1.82, 2.24) is 15.2 Å². The molecular formula is C12H9N5OS. The summed E-state index contributed by atoms with van der Waals surface area (Å²) in [6.07, 6.45) is 1.65. The van der Waals surface area contributed by atoms with Crippen LogP contribution >= 0.6 is 11.3 Å². The number of fused-ring (bicyclic) bond motifs is 1. The van der Waals surface area contributed by atoms with Crippen molar-refractivity contribution in [1.29, 1.82) is 0 Å². The first-order valence-corrected chi connectivity index (χ1v) is 6.30. The van der Waals surface area contributed by atoms with Gasteiger partial charge in [-0.3, -0.25) is 15.1 Å². The SMILES string of the molecule is Nc1nnc(NC(=O)c2cccc3cccnc23)s1. The van der Waals surface area contributed by atoms with E-state index in [0.29, 0.717) is 21.3 Å². The summed E-state index contributed by atoms with van der Waals surface area (Å²) < 4.78 is 0. The van der Waals surface area contributed by atoms with E-state index in [2.05, 4.69) is 20.5 Å². The van der Waals surface area contributed by atoms with Crippen molar-refractivity contribution in [2.24, 2.45) is 0 Å². The predicted octanol–water partition coefficient (Wildman–Crippen LogP) is 1.92. The van der Waals surface area contributed by atoms with Crippen molar-refractivity contribution in [3.8, 4) is 0 Å². The van der Waals surface area contributed by atoms with Gasteiger partial charge in [0.15, 0.2) is 0 Å². The summed E-state index contributed by atoms with van der Waals surface area (Å²) in [6, 6.07) is 9.17. The zero-order valence-corrected chi connectivity index (χ0v) is 10.5. The molecule has 0 saturated heterocycles. The molecule has 0 bridgehead atoms. The van der Waals surface area contributed by atoms with Crippen molar-refractivity contribution in [3.05, 3.63) is 42.1 Å². The molecule has 3 rings (SSSR count). The van der Waals surface area contributed by atoms with Gasteiger partial charge in [0.25, 0.3) is 5.91 Å². The second kappa shape index (κ2) is 4.62. The van der Waals surface area contributed by atoms with Crippen LogP contribution in [0.2, 0.25) is 0 Å². The van der Waals surface area contributed by atoms with Crippen LogP contribution in [0, 0.1) is 0 Å². The average molecular weight is 271 g/mol. The first kappa shape index (κ1) is 11.5. The number of nitrogens with two attached hydrogens (primary N) is 1. The molecule has 0 radical (unpaired) electrons. The molecule has 2 aromatic heterocycles. The summed E-state index contributed by atoms with van der Waals surface area (Å²) in [5.41, 5.74) is 6.61. The molecule has 0 spiro atoms. The highest BCUT2D eigenvalue weighted by atomic mass is 32.1. The average Bonchev–Trinajstić information content (AvgIpc) is 2.83. The van der Waals surface area contributed by atoms with Crippen LogP contribution in [-0.4, -0.2) is 21.1 Å². The highest BCUT2D eigenvalue weighted by Crippen LogP contribution is 2.20. The van der Waals surface area contributed by atoms with Crippen LogP contribution < -0.4 is 11.1 Å². The van der Waals surface area contributed by atoms with Gasteiger partial charge >= 0.3 is 0 Å². The maximum Gasteiger partial charge on any atom is 0.259 e. The molecule has 0 saturated carbocycles. The van der Waals surface area contributed by atoms with Gasteiger partial charge < -0.3 is 5.73 Å². The van der Waals surface area contributed by atoms with Crippen LogP contribution in [0.4, 0.5) is 10.3 Å². The number of nitrogens with one attached hydrogen (secondary N) is 1. The molecule has 94 valence electrons. The molecule has 7 heteroatoms. The summed E-state index contributed by atoms with van der Waals surface area (Å²) in [6.45, 7) is 0. The lowest BCUT2D eigenvalue weighted by molar-refractivity contribution is 0.102. The molecule has 3 N–H and O–H groups in total. The fourth-order valence-corrected chi connectivity index (χ4v) is 2.24. The van der Waals surface area contributed by atoms with E-state index >= 15 is 0 Å². The van der Waals surface area contributed by atoms with Crippen molar-refractivity contribution in [2.45, 2.75) is 0 Å². The van der Waals surface area contributed by atoms with Gasteiger partial charge in [-0.25, -0.2) is 0 Å². The topological polar surface area (TPSA) is 93.8 Å². The highest BCUT2D eigenvalue weighted by Gasteiger charge is 2.12. The molecule has 0 aliphatic carbocycles. The Labute approximate surface area is 112 Å². The van der Waals surface area contributed by atoms with E-state index in [-0.39, 0.29) is 5.91 Å². The summed E-state index contributed by atoms with van der Waals surface area (Å²) >= 11 is 1.12. The van der Waals surface area contributed by atoms with Gasteiger partial charge in [0.05, 0.1) is 11.1 Å². The molecule has 19 heavy (non-hydrogen) atoms. The number of benzene rings is 1. The van der Waals surface area contributed by atoms with Gasteiger partial charge in [0.1, 0.15) is 0 Å². The number of pyridine rings is 1. The van der Waals surface area contributed by atoms with Crippen molar-refractivity contribution >= 4 is 38.4 Å². The first-order valence-electron chi connectivity index (χ1n) is 5.48. The van der Waals surface area contributed by atoms with Gasteiger partial charge in [-0.2, -0.15) is 0 Å². The summed E-state index contributed by atoms with van der Waals surface area (Å²) in [5.74, 6) is -0.277. The lowest BCUT2D eigenvalue weighted by Crippen LogP contribution is -2.12. The molecule has 0 fully saturated rings. The zero-order valence-electron chi connectivity index (χ0n) is 9.70. The second-order valence-electron chi connectivity index (χ2n) is 3.78. The van der Waals surface area contributed by atoms with E-state index in [1.54, 1.807) is 12.3 Å². The molecule has 1 amide bonds. The lowest BCUT2D eigenvalue weighted by Gasteiger charge is -2.04. The number of carbonyl (C=O) groups is 1. The Morgan fingerprint density at radius 3 is 2.84 bits per heavy atom. The normalized spacial score (nSPS) is 10.5. The minimum atomic E-state index is -0.277. The smallest absolute Gasteiger partial charge is 0.259 e. The Balaban J connectivity index is 1.97. The molecule has 3 aromatic rings. The molecular weight excluding hydrogens is 262 g/mol. The van der Waals surface area contributed by atoms with Crippen LogP contribution in [0.1, 0.15) is 10.4 Å². The quantitative estimate of drug-likeness (QED) is 0.742. The first-order chi connectivity index (χ1) is 9.24. The van der Waals surface area contributed by atoms with E-state index in [4.69, 9.17) is 5.73 Å². The summed E-state index contributed by atoms with van der Waals surface area (Å²) in [4.78, 5) is 16.4. The van der Waals surface area contributed by atoms with E-state index in [0.717, 1.165) is 16.7 Å². The zero-order chi connectivity index (χ0) is 13.2. The van der Waals surface area contributed by atoms with Gasteiger partial charge in [0.2, 0.25) is 10.3 Å². The third-order valence-electron chi connectivity index (χ3n) is 2.54. The van der Waals surface area contributed by atoms with Gasteiger partial charge in [-0.05, 0) is 12.1 Å². The third-order valence-corrected chi connectivity index (χ3v) is 3.21. The Bertz CT molecular complexity index is 749. The number of hydrogen-bond donors (Lipinski definition) is 2. The number of carbonyl (C=O) groups excluding carboxylic acids is 1. The van der Waals surface area contributed by atoms with Crippen LogP contribution in [0.15, 0.2) is 36.5 Å². The number of rotatable bonds is 2.